The van der Waals surface area contributed by atoms with Crippen molar-refractivity contribution in [2.75, 3.05) is 6.61 Å². The van der Waals surface area contributed by atoms with E-state index in [4.69, 9.17) is 4.74 Å². The van der Waals surface area contributed by atoms with Crippen LogP contribution in [0.2, 0.25) is 0 Å². The standard InChI is InChI=1S/C20H38O2/c1-2-3-4-5-6-7-8-9-10-11-12-13-14-15-16-19-17-18-22-20(19)21/h19H,2-18H2,1H3. The van der Waals surface area contributed by atoms with E-state index in [9.17, 15) is 4.79 Å². The molecule has 0 amide bonds. The summed E-state index contributed by atoms with van der Waals surface area (Å²) in [6, 6.07) is 0. The van der Waals surface area contributed by atoms with Gasteiger partial charge in [-0.05, 0) is 12.8 Å². The fourth-order valence-electron chi connectivity index (χ4n) is 3.38. The molecule has 2 nitrogen and oxygen atoms in total. The summed E-state index contributed by atoms with van der Waals surface area (Å²) in [6.45, 7) is 2.94. The lowest BCUT2D eigenvalue weighted by Gasteiger charge is -2.05. The first-order chi connectivity index (χ1) is 10.8. The smallest absolute Gasteiger partial charge is 0.309 e. The number of rotatable bonds is 15. The van der Waals surface area contributed by atoms with Crippen molar-refractivity contribution in [2.24, 2.45) is 5.92 Å². The van der Waals surface area contributed by atoms with E-state index in [1.165, 1.54) is 89.9 Å². The van der Waals surface area contributed by atoms with E-state index in [0.717, 1.165) is 12.8 Å². The third-order valence-corrected chi connectivity index (χ3v) is 4.95. The lowest BCUT2D eigenvalue weighted by molar-refractivity contribution is -0.141. The van der Waals surface area contributed by atoms with Crippen LogP contribution in [0.15, 0.2) is 0 Å². The van der Waals surface area contributed by atoms with Crippen molar-refractivity contribution < 1.29 is 9.53 Å². The fourth-order valence-corrected chi connectivity index (χ4v) is 3.38. The van der Waals surface area contributed by atoms with Crippen LogP contribution in [0.25, 0.3) is 0 Å². The van der Waals surface area contributed by atoms with Gasteiger partial charge in [0.1, 0.15) is 0 Å². The van der Waals surface area contributed by atoms with Gasteiger partial charge in [-0.15, -0.1) is 0 Å². The van der Waals surface area contributed by atoms with Gasteiger partial charge in [-0.2, -0.15) is 0 Å². The highest BCUT2D eigenvalue weighted by Crippen LogP contribution is 2.21. The highest BCUT2D eigenvalue weighted by atomic mass is 16.5. The van der Waals surface area contributed by atoms with Gasteiger partial charge in [0.15, 0.2) is 0 Å². The molecule has 2 heteroatoms. The summed E-state index contributed by atoms with van der Waals surface area (Å²) in [6.07, 6.45) is 21.5. The molecule has 0 aromatic rings. The largest absolute Gasteiger partial charge is 0.465 e. The molecule has 1 aliphatic rings. The molecule has 1 atom stereocenters. The Hall–Kier alpha value is -0.530. The molecule has 1 heterocycles. The maximum atomic E-state index is 11.3. The first kappa shape index (κ1) is 19.5. The molecule has 0 aromatic heterocycles. The minimum Gasteiger partial charge on any atom is -0.465 e. The minimum atomic E-state index is 0.0506. The van der Waals surface area contributed by atoms with Crippen molar-refractivity contribution >= 4 is 5.97 Å². The Balaban J connectivity index is 1.70. The zero-order chi connectivity index (χ0) is 15.9. The van der Waals surface area contributed by atoms with Gasteiger partial charge in [-0.25, -0.2) is 0 Å². The van der Waals surface area contributed by atoms with E-state index in [1.807, 2.05) is 0 Å². The molecule has 130 valence electrons. The second kappa shape index (κ2) is 14.1. The van der Waals surface area contributed by atoms with E-state index >= 15 is 0 Å². The van der Waals surface area contributed by atoms with Crippen LogP contribution in [0, 0.1) is 5.92 Å². The Morgan fingerprint density at radius 1 is 0.773 bits per heavy atom. The lowest BCUT2D eigenvalue weighted by atomic mass is 9.99. The Morgan fingerprint density at radius 2 is 1.23 bits per heavy atom. The molecule has 1 unspecified atom stereocenters. The monoisotopic (exact) mass is 310 g/mol. The van der Waals surface area contributed by atoms with Crippen LogP contribution >= 0.6 is 0 Å². The molecule has 1 saturated heterocycles. The molecule has 1 aliphatic heterocycles. The quantitative estimate of drug-likeness (QED) is 0.258. The maximum Gasteiger partial charge on any atom is 0.309 e. The molecule has 0 aliphatic carbocycles. The van der Waals surface area contributed by atoms with Crippen LogP contribution in [0.4, 0.5) is 0 Å². The van der Waals surface area contributed by atoms with Crippen molar-refractivity contribution in [2.45, 2.75) is 110 Å². The number of hydrogen-bond donors (Lipinski definition) is 0. The van der Waals surface area contributed by atoms with Crippen molar-refractivity contribution in [1.29, 1.82) is 0 Å². The van der Waals surface area contributed by atoms with Crippen LogP contribution < -0.4 is 0 Å². The summed E-state index contributed by atoms with van der Waals surface area (Å²) in [5.41, 5.74) is 0. The third-order valence-electron chi connectivity index (χ3n) is 4.95. The van der Waals surface area contributed by atoms with Gasteiger partial charge < -0.3 is 4.74 Å². The maximum absolute atomic E-state index is 11.3. The summed E-state index contributed by atoms with van der Waals surface area (Å²) >= 11 is 0. The van der Waals surface area contributed by atoms with Crippen molar-refractivity contribution in [3.63, 3.8) is 0 Å². The zero-order valence-corrected chi connectivity index (χ0v) is 14.9. The fraction of sp³-hybridized carbons (Fsp3) is 0.950. The number of carbonyl (C=O) groups is 1. The molecule has 22 heavy (non-hydrogen) atoms. The normalized spacial score (nSPS) is 17.9. The van der Waals surface area contributed by atoms with Crippen LogP contribution in [0.3, 0.4) is 0 Å². The van der Waals surface area contributed by atoms with E-state index in [1.54, 1.807) is 0 Å². The van der Waals surface area contributed by atoms with Gasteiger partial charge in [0.2, 0.25) is 0 Å². The SMILES string of the molecule is CCCCCCCCCCCCCCCCC1CCOC1=O. The molecule has 0 spiro atoms. The van der Waals surface area contributed by atoms with E-state index in [2.05, 4.69) is 6.92 Å². The Bertz CT molecular complexity index is 262. The average Bonchev–Trinajstić information content (AvgIpc) is 2.93. The van der Waals surface area contributed by atoms with Crippen LogP contribution in [0.1, 0.15) is 110 Å². The molecular formula is C20H38O2. The number of esters is 1. The van der Waals surface area contributed by atoms with Gasteiger partial charge >= 0.3 is 5.97 Å². The predicted octanol–water partition coefficient (Wildman–Crippen LogP) is 6.42. The highest BCUT2D eigenvalue weighted by Gasteiger charge is 2.25. The first-order valence-corrected chi connectivity index (χ1v) is 10.0. The van der Waals surface area contributed by atoms with Crippen LogP contribution in [-0.4, -0.2) is 12.6 Å². The zero-order valence-electron chi connectivity index (χ0n) is 14.9. The predicted molar refractivity (Wildman–Crippen MR) is 94.0 cm³/mol. The molecule has 1 fully saturated rings. The average molecular weight is 311 g/mol. The Kier molecular flexibility index (Phi) is 12.5. The second-order valence-electron chi connectivity index (χ2n) is 7.04. The van der Waals surface area contributed by atoms with Crippen molar-refractivity contribution in [3.05, 3.63) is 0 Å². The second-order valence-corrected chi connectivity index (χ2v) is 7.04. The number of unbranched alkanes of at least 4 members (excludes halogenated alkanes) is 13. The number of carbonyl (C=O) groups excluding carboxylic acids is 1. The third kappa shape index (κ3) is 10.2. The number of hydrogen-bond acceptors (Lipinski definition) is 2. The summed E-state index contributed by atoms with van der Waals surface area (Å²) < 4.78 is 5.00. The molecule has 0 saturated carbocycles. The summed E-state index contributed by atoms with van der Waals surface area (Å²) in [7, 11) is 0. The van der Waals surface area contributed by atoms with Crippen molar-refractivity contribution in [3.8, 4) is 0 Å². The molecule has 0 radical (unpaired) electrons. The first-order valence-electron chi connectivity index (χ1n) is 10.0. The molecular weight excluding hydrogens is 272 g/mol. The van der Waals surface area contributed by atoms with Gasteiger partial charge in [-0.3, -0.25) is 4.79 Å². The lowest BCUT2D eigenvalue weighted by Crippen LogP contribution is -2.06. The van der Waals surface area contributed by atoms with Crippen LogP contribution in [0.5, 0.6) is 0 Å². The summed E-state index contributed by atoms with van der Waals surface area (Å²) in [4.78, 5) is 11.3. The molecule has 0 bridgehead atoms. The highest BCUT2D eigenvalue weighted by molar-refractivity contribution is 5.73. The number of cyclic esters (lactones) is 1. The van der Waals surface area contributed by atoms with E-state index in [-0.39, 0.29) is 11.9 Å². The van der Waals surface area contributed by atoms with Gasteiger partial charge in [0, 0.05) is 0 Å². The molecule has 0 aromatic carbocycles. The van der Waals surface area contributed by atoms with E-state index < -0.39 is 0 Å². The topological polar surface area (TPSA) is 26.3 Å². The minimum absolute atomic E-state index is 0.0506. The van der Waals surface area contributed by atoms with Gasteiger partial charge in [-0.1, -0.05) is 96.8 Å². The number of ether oxygens (including phenoxy) is 1. The van der Waals surface area contributed by atoms with Gasteiger partial charge in [0.05, 0.1) is 12.5 Å². The Morgan fingerprint density at radius 3 is 1.64 bits per heavy atom. The summed E-state index contributed by atoms with van der Waals surface area (Å²) in [5.74, 6) is 0.270. The molecule has 1 rings (SSSR count). The Labute approximate surface area is 138 Å². The summed E-state index contributed by atoms with van der Waals surface area (Å²) in [5, 5.41) is 0. The van der Waals surface area contributed by atoms with E-state index in [0.29, 0.717) is 6.61 Å². The van der Waals surface area contributed by atoms with Crippen LogP contribution in [-0.2, 0) is 9.53 Å². The molecule has 0 N–H and O–H groups in total. The van der Waals surface area contributed by atoms with Crippen molar-refractivity contribution in [1.82, 2.24) is 0 Å². The van der Waals surface area contributed by atoms with Gasteiger partial charge in [0.25, 0.3) is 0 Å².